The SMILES string of the molecule is CC(Sc1nc2scc(-c3cccs3)c2c(=O)n1C)C(=O)Nc1ccc(F)cc1Cl. The number of fused-ring (bicyclic) bond motifs is 1. The predicted octanol–water partition coefficient (Wildman–Crippen LogP) is 5.64. The second-order valence-electron chi connectivity index (χ2n) is 6.44. The van der Waals surface area contributed by atoms with Crippen LogP contribution in [0.4, 0.5) is 10.1 Å². The van der Waals surface area contributed by atoms with Gasteiger partial charge in [-0.2, -0.15) is 0 Å². The van der Waals surface area contributed by atoms with Crippen LogP contribution in [0.25, 0.3) is 20.7 Å². The largest absolute Gasteiger partial charge is 0.324 e. The van der Waals surface area contributed by atoms with Crippen LogP contribution in [0.3, 0.4) is 0 Å². The highest BCUT2D eigenvalue weighted by Crippen LogP contribution is 2.35. The molecule has 30 heavy (non-hydrogen) atoms. The first kappa shape index (κ1) is 21.0. The van der Waals surface area contributed by atoms with Gasteiger partial charge in [0.15, 0.2) is 5.16 Å². The van der Waals surface area contributed by atoms with Crippen LogP contribution in [-0.4, -0.2) is 20.7 Å². The van der Waals surface area contributed by atoms with Crippen LogP contribution < -0.4 is 10.9 Å². The molecule has 1 N–H and O–H groups in total. The van der Waals surface area contributed by atoms with Crippen molar-refractivity contribution in [3.63, 3.8) is 0 Å². The summed E-state index contributed by atoms with van der Waals surface area (Å²) in [5.41, 5.74) is 1.05. The first-order valence-electron chi connectivity index (χ1n) is 8.80. The third-order valence-corrected chi connectivity index (χ3v) is 7.63. The Hall–Kier alpha value is -2.20. The first-order chi connectivity index (χ1) is 14.3. The van der Waals surface area contributed by atoms with Crippen LogP contribution in [0.1, 0.15) is 6.92 Å². The molecule has 1 amide bonds. The van der Waals surface area contributed by atoms with E-state index in [-0.39, 0.29) is 16.5 Å². The molecule has 5 nitrogen and oxygen atoms in total. The first-order valence-corrected chi connectivity index (χ1v) is 11.8. The van der Waals surface area contributed by atoms with Gasteiger partial charge in [0.1, 0.15) is 10.6 Å². The molecule has 1 unspecified atom stereocenters. The maximum atomic E-state index is 13.2. The lowest BCUT2D eigenvalue weighted by molar-refractivity contribution is -0.115. The monoisotopic (exact) mass is 479 g/mol. The van der Waals surface area contributed by atoms with Crippen molar-refractivity contribution < 1.29 is 9.18 Å². The minimum atomic E-state index is -0.557. The summed E-state index contributed by atoms with van der Waals surface area (Å²) >= 11 is 10.1. The van der Waals surface area contributed by atoms with Gasteiger partial charge in [-0.25, -0.2) is 9.37 Å². The smallest absolute Gasteiger partial charge is 0.263 e. The number of thiophene rings is 2. The molecule has 0 aliphatic heterocycles. The predicted molar refractivity (Wildman–Crippen MR) is 124 cm³/mol. The van der Waals surface area contributed by atoms with Crippen molar-refractivity contribution in [3.8, 4) is 10.4 Å². The van der Waals surface area contributed by atoms with Crippen LogP contribution in [0.5, 0.6) is 0 Å². The molecule has 0 bridgehead atoms. The molecule has 1 atom stereocenters. The Morgan fingerprint density at radius 1 is 1.33 bits per heavy atom. The fraction of sp³-hybridized carbons (Fsp3) is 0.150. The van der Waals surface area contributed by atoms with E-state index in [0.717, 1.165) is 16.5 Å². The Morgan fingerprint density at radius 2 is 2.13 bits per heavy atom. The molecule has 0 radical (unpaired) electrons. The standard InChI is InChI=1S/C20H15ClFN3O2S3/c1-10(17(26)23-14-6-5-11(22)8-13(14)21)30-20-24-18-16(19(27)25(20)2)12(9-29-18)15-4-3-7-28-15/h3-10H,1-2H3,(H,23,26). The molecule has 3 heterocycles. The zero-order chi connectivity index (χ0) is 21.4. The van der Waals surface area contributed by atoms with Crippen LogP contribution in [-0.2, 0) is 11.8 Å². The van der Waals surface area contributed by atoms with E-state index in [1.165, 1.54) is 39.8 Å². The van der Waals surface area contributed by atoms with Crippen LogP contribution in [0.15, 0.2) is 51.0 Å². The number of amides is 1. The van der Waals surface area contributed by atoms with Crippen LogP contribution in [0, 0.1) is 5.82 Å². The van der Waals surface area contributed by atoms with Gasteiger partial charge in [-0.3, -0.25) is 14.2 Å². The van der Waals surface area contributed by atoms with E-state index in [0.29, 0.717) is 21.1 Å². The van der Waals surface area contributed by atoms with E-state index in [2.05, 4.69) is 10.3 Å². The average molecular weight is 480 g/mol. The Morgan fingerprint density at radius 3 is 2.83 bits per heavy atom. The Kier molecular flexibility index (Phi) is 5.97. The van der Waals surface area contributed by atoms with Gasteiger partial charge >= 0.3 is 0 Å². The third-order valence-electron chi connectivity index (χ3n) is 4.40. The van der Waals surface area contributed by atoms with E-state index in [9.17, 15) is 14.0 Å². The number of halogens is 2. The number of carbonyl (C=O) groups is 1. The molecule has 0 saturated carbocycles. The third kappa shape index (κ3) is 4.02. The summed E-state index contributed by atoms with van der Waals surface area (Å²) in [6.07, 6.45) is 0. The molecular formula is C20H15ClFN3O2S3. The molecule has 4 rings (SSSR count). The molecular weight excluding hydrogens is 465 g/mol. The highest BCUT2D eigenvalue weighted by molar-refractivity contribution is 8.00. The fourth-order valence-electron chi connectivity index (χ4n) is 2.81. The summed E-state index contributed by atoms with van der Waals surface area (Å²) in [6, 6.07) is 7.68. The maximum absolute atomic E-state index is 13.2. The second kappa shape index (κ2) is 8.50. The number of aromatic nitrogens is 2. The van der Waals surface area contributed by atoms with Crippen molar-refractivity contribution in [1.29, 1.82) is 0 Å². The Balaban J connectivity index is 1.60. The minimum absolute atomic E-state index is 0.118. The highest BCUT2D eigenvalue weighted by Gasteiger charge is 2.21. The van der Waals surface area contributed by atoms with Crippen molar-refractivity contribution in [1.82, 2.24) is 9.55 Å². The van der Waals surface area contributed by atoms with Gasteiger partial charge in [0.25, 0.3) is 5.56 Å². The molecule has 0 aliphatic carbocycles. The molecule has 0 spiro atoms. The number of nitrogens with one attached hydrogen (secondary N) is 1. The molecule has 0 saturated heterocycles. The lowest BCUT2D eigenvalue weighted by Crippen LogP contribution is -2.25. The second-order valence-corrected chi connectivity index (χ2v) is 9.96. The van der Waals surface area contributed by atoms with E-state index >= 15 is 0 Å². The summed E-state index contributed by atoms with van der Waals surface area (Å²) in [7, 11) is 1.65. The van der Waals surface area contributed by atoms with Crippen molar-refractivity contribution >= 4 is 67.8 Å². The maximum Gasteiger partial charge on any atom is 0.263 e. The van der Waals surface area contributed by atoms with Crippen LogP contribution in [0.2, 0.25) is 5.02 Å². The lowest BCUT2D eigenvalue weighted by atomic mass is 10.2. The summed E-state index contributed by atoms with van der Waals surface area (Å²) in [6.45, 7) is 1.71. The van der Waals surface area contributed by atoms with E-state index in [4.69, 9.17) is 11.6 Å². The number of rotatable bonds is 5. The van der Waals surface area contributed by atoms with Gasteiger partial charge in [-0.15, -0.1) is 22.7 Å². The Bertz CT molecular complexity index is 1300. The number of hydrogen-bond acceptors (Lipinski definition) is 6. The van der Waals surface area contributed by atoms with Gasteiger partial charge in [-0.05, 0) is 36.6 Å². The summed E-state index contributed by atoms with van der Waals surface area (Å²) in [5, 5.41) is 7.18. The Labute approximate surface area is 188 Å². The minimum Gasteiger partial charge on any atom is -0.324 e. The van der Waals surface area contributed by atoms with Gasteiger partial charge in [-0.1, -0.05) is 29.4 Å². The van der Waals surface area contributed by atoms with Crippen molar-refractivity contribution in [2.75, 3.05) is 5.32 Å². The van der Waals surface area contributed by atoms with E-state index in [1.807, 2.05) is 22.9 Å². The molecule has 4 aromatic rings. The summed E-state index contributed by atoms with van der Waals surface area (Å²) < 4.78 is 14.7. The molecule has 10 heteroatoms. The quantitative estimate of drug-likeness (QED) is 0.297. The molecule has 0 aliphatic rings. The van der Waals surface area contributed by atoms with Gasteiger partial charge in [0.2, 0.25) is 5.91 Å². The lowest BCUT2D eigenvalue weighted by Gasteiger charge is -2.14. The number of benzene rings is 1. The fourth-order valence-corrected chi connectivity index (χ4v) is 5.70. The molecule has 3 aromatic heterocycles. The zero-order valence-electron chi connectivity index (χ0n) is 15.8. The number of thioether (sulfide) groups is 1. The highest BCUT2D eigenvalue weighted by atomic mass is 35.5. The normalized spacial score (nSPS) is 12.3. The number of hydrogen-bond donors (Lipinski definition) is 1. The van der Waals surface area contributed by atoms with E-state index < -0.39 is 11.1 Å². The molecule has 1 aromatic carbocycles. The topological polar surface area (TPSA) is 64.0 Å². The molecule has 0 fully saturated rings. The number of carbonyl (C=O) groups excluding carboxylic acids is 1. The van der Waals surface area contributed by atoms with Gasteiger partial charge in [0, 0.05) is 22.9 Å². The van der Waals surface area contributed by atoms with E-state index in [1.54, 1.807) is 25.3 Å². The van der Waals surface area contributed by atoms with Crippen molar-refractivity contribution in [2.24, 2.45) is 7.05 Å². The molecule has 154 valence electrons. The number of anilines is 1. The van der Waals surface area contributed by atoms with Gasteiger partial charge in [0.05, 0.1) is 21.3 Å². The summed E-state index contributed by atoms with van der Waals surface area (Å²) in [5.74, 6) is -0.806. The zero-order valence-corrected chi connectivity index (χ0v) is 19.0. The van der Waals surface area contributed by atoms with Gasteiger partial charge < -0.3 is 5.32 Å². The summed E-state index contributed by atoms with van der Waals surface area (Å²) in [4.78, 5) is 31.9. The average Bonchev–Trinajstić information content (AvgIpc) is 3.37. The van der Waals surface area contributed by atoms with Crippen LogP contribution >= 0.6 is 46.0 Å². The number of nitrogens with zero attached hydrogens (tertiary/aromatic N) is 2. The van der Waals surface area contributed by atoms with Crippen molar-refractivity contribution in [3.05, 3.63) is 62.3 Å². The van der Waals surface area contributed by atoms with Crippen molar-refractivity contribution in [2.45, 2.75) is 17.3 Å².